The lowest BCUT2D eigenvalue weighted by Gasteiger charge is -2.06. The Balaban J connectivity index is 0.00000121. The van der Waals surface area contributed by atoms with E-state index in [1.54, 1.807) is 6.07 Å². The second-order valence-corrected chi connectivity index (χ2v) is 2.99. The average molecular weight is 254 g/mol. The van der Waals surface area contributed by atoms with E-state index in [0.717, 1.165) is 4.60 Å². The lowest BCUT2D eigenvalue weighted by Crippen LogP contribution is -2.15. The van der Waals surface area contributed by atoms with Crippen molar-refractivity contribution in [1.29, 1.82) is 0 Å². The highest BCUT2D eigenvalue weighted by Crippen LogP contribution is 2.10. The van der Waals surface area contributed by atoms with Crippen LogP contribution in [0.4, 0.5) is 0 Å². The van der Waals surface area contributed by atoms with Crippen LogP contribution in [0.15, 0.2) is 22.8 Å². The molecule has 12 heavy (non-hydrogen) atoms. The van der Waals surface area contributed by atoms with Gasteiger partial charge in [0.15, 0.2) is 0 Å². The third-order valence-electron chi connectivity index (χ3n) is 1.31. The predicted molar refractivity (Wildman–Crippen MR) is 53.2 cm³/mol. The van der Waals surface area contributed by atoms with Crippen LogP contribution in [0.2, 0.25) is 0 Å². The van der Waals surface area contributed by atoms with E-state index in [1.165, 1.54) is 0 Å². The van der Waals surface area contributed by atoms with Crippen molar-refractivity contribution >= 4 is 28.3 Å². The molecule has 3 N–H and O–H groups in total. The average Bonchev–Trinajstić information content (AvgIpc) is 2.03. The highest BCUT2D eigenvalue weighted by molar-refractivity contribution is 9.10. The van der Waals surface area contributed by atoms with Gasteiger partial charge in [-0.1, -0.05) is 6.07 Å². The Hall–Kier alpha value is -0.160. The molecular formula is C7H10BrClN2O. The zero-order chi connectivity index (χ0) is 8.27. The van der Waals surface area contributed by atoms with Gasteiger partial charge in [0.25, 0.3) is 0 Å². The largest absolute Gasteiger partial charge is 0.394 e. The van der Waals surface area contributed by atoms with Crippen LogP contribution in [-0.2, 0) is 0 Å². The van der Waals surface area contributed by atoms with E-state index in [1.807, 2.05) is 12.1 Å². The van der Waals surface area contributed by atoms with E-state index in [2.05, 4.69) is 20.9 Å². The van der Waals surface area contributed by atoms with Crippen LogP contribution < -0.4 is 5.73 Å². The molecule has 1 atom stereocenters. The molecule has 0 saturated heterocycles. The third kappa shape index (κ3) is 3.06. The standard InChI is InChI=1S/C7H9BrN2O.ClH/c8-7-3-1-2-6(10-7)5(9)4-11;/h1-3,5,11H,4,9H2;1H/t5-;/m1./s1. The summed E-state index contributed by atoms with van der Waals surface area (Å²) >= 11 is 3.21. The van der Waals surface area contributed by atoms with Gasteiger partial charge in [-0.25, -0.2) is 4.98 Å². The minimum Gasteiger partial charge on any atom is -0.394 e. The normalized spacial score (nSPS) is 11.9. The smallest absolute Gasteiger partial charge is 0.106 e. The van der Waals surface area contributed by atoms with Crippen molar-refractivity contribution in [2.24, 2.45) is 5.73 Å². The van der Waals surface area contributed by atoms with Crippen molar-refractivity contribution < 1.29 is 5.11 Å². The molecule has 0 aliphatic carbocycles. The van der Waals surface area contributed by atoms with Gasteiger partial charge in [-0.3, -0.25) is 0 Å². The minimum absolute atomic E-state index is 0. The minimum atomic E-state index is -0.382. The van der Waals surface area contributed by atoms with Gasteiger partial charge >= 0.3 is 0 Å². The van der Waals surface area contributed by atoms with E-state index in [9.17, 15) is 0 Å². The first-order valence-corrected chi connectivity index (χ1v) is 4.02. The van der Waals surface area contributed by atoms with Crippen molar-refractivity contribution in [3.05, 3.63) is 28.5 Å². The third-order valence-corrected chi connectivity index (χ3v) is 1.75. The maximum absolute atomic E-state index is 8.70. The molecule has 0 radical (unpaired) electrons. The van der Waals surface area contributed by atoms with Crippen molar-refractivity contribution in [2.45, 2.75) is 6.04 Å². The van der Waals surface area contributed by atoms with Crippen molar-refractivity contribution in [1.82, 2.24) is 4.98 Å². The summed E-state index contributed by atoms with van der Waals surface area (Å²) in [5.41, 5.74) is 6.23. The van der Waals surface area contributed by atoms with Crippen LogP contribution in [0.25, 0.3) is 0 Å². The van der Waals surface area contributed by atoms with Crippen LogP contribution in [0, 0.1) is 0 Å². The van der Waals surface area contributed by atoms with E-state index < -0.39 is 0 Å². The maximum atomic E-state index is 8.70. The highest BCUT2D eigenvalue weighted by atomic mass is 79.9. The predicted octanol–water partition coefficient (Wildman–Crippen LogP) is 1.26. The molecule has 1 heterocycles. The Morgan fingerprint density at radius 2 is 2.25 bits per heavy atom. The van der Waals surface area contributed by atoms with E-state index >= 15 is 0 Å². The van der Waals surface area contributed by atoms with Gasteiger partial charge < -0.3 is 10.8 Å². The Labute approximate surface area is 85.5 Å². The van der Waals surface area contributed by atoms with E-state index in [4.69, 9.17) is 10.8 Å². The molecule has 1 aromatic heterocycles. The highest BCUT2D eigenvalue weighted by Gasteiger charge is 2.04. The van der Waals surface area contributed by atoms with Gasteiger partial charge in [-0.2, -0.15) is 0 Å². The molecular weight excluding hydrogens is 243 g/mol. The summed E-state index contributed by atoms with van der Waals surface area (Å²) in [4.78, 5) is 4.08. The number of hydrogen-bond donors (Lipinski definition) is 2. The summed E-state index contributed by atoms with van der Waals surface area (Å²) in [6.07, 6.45) is 0. The fourth-order valence-electron chi connectivity index (χ4n) is 0.724. The molecule has 0 amide bonds. The first-order valence-electron chi connectivity index (χ1n) is 3.23. The summed E-state index contributed by atoms with van der Waals surface area (Å²) in [6.45, 7) is -0.0799. The molecule has 0 spiro atoms. The number of aliphatic hydroxyl groups is 1. The number of hydrogen-bond acceptors (Lipinski definition) is 3. The zero-order valence-corrected chi connectivity index (χ0v) is 8.68. The second-order valence-electron chi connectivity index (χ2n) is 2.17. The number of halogens is 2. The first-order chi connectivity index (χ1) is 5.24. The molecule has 0 fully saturated rings. The number of pyridine rings is 1. The summed E-state index contributed by atoms with van der Waals surface area (Å²) in [5.74, 6) is 0. The topological polar surface area (TPSA) is 59.1 Å². The lowest BCUT2D eigenvalue weighted by molar-refractivity contribution is 0.266. The summed E-state index contributed by atoms with van der Waals surface area (Å²) in [6, 6.07) is 5.05. The van der Waals surface area contributed by atoms with Gasteiger partial charge in [0, 0.05) is 0 Å². The Morgan fingerprint density at radius 3 is 2.75 bits per heavy atom. The molecule has 1 rings (SSSR count). The molecule has 5 heteroatoms. The molecule has 0 unspecified atom stereocenters. The van der Waals surface area contributed by atoms with Gasteiger partial charge in [0.2, 0.25) is 0 Å². The van der Waals surface area contributed by atoms with Gasteiger partial charge in [-0.05, 0) is 28.1 Å². The van der Waals surface area contributed by atoms with Crippen molar-refractivity contribution in [2.75, 3.05) is 6.61 Å². The fraction of sp³-hybridized carbons (Fsp3) is 0.286. The molecule has 0 aromatic carbocycles. The SMILES string of the molecule is Cl.N[C@H](CO)c1cccc(Br)n1. The van der Waals surface area contributed by atoms with Crippen molar-refractivity contribution in [3.8, 4) is 0 Å². The molecule has 0 saturated carbocycles. The molecule has 0 bridgehead atoms. The number of aromatic nitrogens is 1. The van der Waals surface area contributed by atoms with Crippen LogP contribution in [0.3, 0.4) is 0 Å². The van der Waals surface area contributed by atoms with E-state index in [0.29, 0.717) is 5.69 Å². The summed E-state index contributed by atoms with van der Waals surface area (Å²) in [5, 5.41) is 8.70. The van der Waals surface area contributed by atoms with Crippen LogP contribution in [0.1, 0.15) is 11.7 Å². The quantitative estimate of drug-likeness (QED) is 0.780. The summed E-state index contributed by atoms with van der Waals surface area (Å²) in [7, 11) is 0. The number of rotatable bonds is 2. The first kappa shape index (κ1) is 11.8. The summed E-state index contributed by atoms with van der Waals surface area (Å²) < 4.78 is 0.735. The monoisotopic (exact) mass is 252 g/mol. The molecule has 3 nitrogen and oxygen atoms in total. The van der Waals surface area contributed by atoms with Crippen LogP contribution in [0.5, 0.6) is 0 Å². The van der Waals surface area contributed by atoms with Gasteiger partial charge in [0.05, 0.1) is 18.3 Å². The van der Waals surface area contributed by atoms with Crippen LogP contribution >= 0.6 is 28.3 Å². The number of nitrogens with zero attached hydrogens (tertiary/aromatic N) is 1. The van der Waals surface area contributed by atoms with Gasteiger partial charge in [-0.15, -0.1) is 12.4 Å². The lowest BCUT2D eigenvalue weighted by atomic mass is 10.2. The fourth-order valence-corrected chi connectivity index (χ4v) is 1.08. The Bertz CT molecular complexity index is 247. The molecule has 68 valence electrons. The van der Waals surface area contributed by atoms with E-state index in [-0.39, 0.29) is 25.1 Å². The Morgan fingerprint density at radius 1 is 1.58 bits per heavy atom. The van der Waals surface area contributed by atoms with Crippen molar-refractivity contribution in [3.63, 3.8) is 0 Å². The Kier molecular flexibility index (Phi) is 5.41. The number of aliphatic hydroxyl groups excluding tert-OH is 1. The maximum Gasteiger partial charge on any atom is 0.106 e. The van der Waals surface area contributed by atoms with Crippen LogP contribution in [-0.4, -0.2) is 16.7 Å². The molecule has 0 aliphatic heterocycles. The second kappa shape index (κ2) is 5.48. The molecule has 0 aliphatic rings. The number of nitrogens with two attached hydrogens (primary N) is 1. The zero-order valence-electron chi connectivity index (χ0n) is 6.27. The van der Waals surface area contributed by atoms with Gasteiger partial charge in [0.1, 0.15) is 4.60 Å². The molecule has 1 aromatic rings.